The van der Waals surface area contributed by atoms with Gasteiger partial charge in [0.2, 0.25) is 5.91 Å². The molecular weight excluding hydrogens is 348 g/mol. The highest BCUT2D eigenvalue weighted by Crippen LogP contribution is 2.21. The van der Waals surface area contributed by atoms with E-state index in [0.29, 0.717) is 12.1 Å². The topological polar surface area (TPSA) is 130 Å². The highest BCUT2D eigenvalue weighted by Gasteiger charge is 2.17. The van der Waals surface area contributed by atoms with Gasteiger partial charge in [0.15, 0.2) is 17.5 Å². The fourth-order valence-electron chi connectivity index (χ4n) is 1.64. The molecule has 0 bridgehead atoms. The van der Waals surface area contributed by atoms with Gasteiger partial charge in [-0.25, -0.2) is 8.78 Å². The summed E-state index contributed by atoms with van der Waals surface area (Å²) >= 11 is 5.69. The monoisotopic (exact) mass is 357 g/mol. The number of aromatic amines is 1. The van der Waals surface area contributed by atoms with Crippen LogP contribution in [0.4, 0.5) is 14.6 Å². The Balaban J connectivity index is 2.09. The fraction of sp³-hybridized carbons (Fsp3) is 0.0769. The molecule has 0 aliphatic carbocycles. The summed E-state index contributed by atoms with van der Waals surface area (Å²) in [5, 5.41) is 10.2. The molecule has 11 heteroatoms. The Labute approximate surface area is 138 Å². The lowest BCUT2D eigenvalue weighted by atomic mass is 10.2. The largest absolute Gasteiger partial charge is 0.368 e. The van der Waals surface area contributed by atoms with Crippen LogP contribution in [0.25, 0.3) is 0 Å². The van der Waals surface area contributed by atoms with E-state index in [-0.39, 0.29) is 28.6 Å². The zero-order valence-corrected chi connectivity index (χ0v) is 12.6. The number of amides is 3. The molecule has 5 N–H and O–H groups in total. The van der Waals surface area contributed by atoms with E-state index in [2.05, 4.69) is 20.8 Å². The maximum atomic E-state index is 13.2. The molecule has 8 nitrogen and oxygen atoms in total. The SMILES string of the molecule is NC(=O)CNC(=O)c1cc(NC(=O)c2cc(F)c(F)cc2Cl)n[nH]1. The number of rotatable bonds is 5. The lowest BCUT2D eigenvalue weighted by molar-refractivity contribution is -0.117. The quantitative estimate of drug-likeness (QED) is 0.590. The summed E-state index contributed by atoms with van der Waals surface area (Å²) in [5.74, 6) is -4.75. The van der Waals surface area contributed by atoms with Crippen LogP contribution in [0.5, 0.6) is 0 Å². The molecule has 24 heavy (non-hydrogen) atoms. The van der Waals surface area contributed by atoms with Gasteiger partial charge >= 0.3 is 0 Å². The third kappa shape index (κ3) is 4.04. The normalized spacial score (nSPS) is 10.3. The summed E-state index contributed by atoms with van der Waals surface area (Å²) in [7, 11) is 0. The van der Waals surface area contributed by atoms with Gasteiger partial charge in [0.25, 0.3) is 11.8 Å². The van der Waals surface area contributed by atoms with Crippen molar-refractivity contribution in [2.45, 2.75) is 0 Å². The number of hydrogen-bond acceptors (Lipinski definition) is 4. The zero-order chi connectivity index (χ0) is 17.9. The van der Waals surface area contributed by atoms with Crippen molar-refractivity contribution in [3.8, 4) is 0 Å². The van der Waals surface area contributed by atoms with Gasteiger partial charge in [0.05, 0.1) is 17.1 Å². The summed E-state index contributed by atoms with van der Waals surface area (Å²) in [5.41, 5.74) is 4.53. The molecule has 1 aromatic heterocycles. The third-order valence-corrected chi connectivity index (χ3v) is 3.05. The van der Waals surface area contributed by atoms with Crippen molar-refractivity contribution < 1.29 is 23.2 Å². The molecule has 1 aromatic carbocycles. The standard InChI is InChI=1S/C13H10ClF2N5O3/c14-6-2-8(16)7(15)1-5(6)12(23)19-11-3-9(20-21-11)13(24)18-4-10(17)22/h1-3H,4H2,(H2,17,22)(H,18,24)(H2,19,20,21,23). The molecule has 0 aliphatic heterocycles. The lowest BCUT2D eigenvalue weighted by Gasteiger charge is -2.05. The van der Waals surface area contributed by atoms with Crippen molar-refractivity contribution in [3.05, 3.63) is 46.1 Å². The fourth-order valence-corrected chi connectivity index (χ4v) is 1.88. The van der Waals surface area contributed by atoms with Crippen molar-refractivity contribution in [1.82, 2.24) is 15.5 Å². The van der Waals surface area contributed by atoms with Crippen LogP contribution in [0.2, 0.25) is 5.02 Å². The Morgan fingerprint density at radius 3 is 2.50 bits per heavy atom. The lowest BCUT2D eigenvalue weighted by Crippen LogP contribution is -2.33. The molecule has 0 fully saturated rings. The first-order chi connectivity index (χ1) is 11.3. The maximum Gasteiger partial charge on any atom is 0.269 e. The number of anilines is 1. The smallest absolute Gasteiger partial charge is 0.269 e. The Hall–Kier alpha value is -3.01. The maximum absolute atomic E-state index is 13.2. The number of hydrogen-bond donors (Lipinski definition) is 4. The molecule has 0 radical (unpaired) electrons. The van der Waals surface area contributed by atoms with Gasteiger partial charge in [0.1, 0.15) is 5.69 Å². The summed E-state index contributed by atoms with van der Waals surface area (Å²) in [6.07, 6.45) is 0. The van der Waals surface area contributed by atoms with Crippen molar-refractivity contribution in [2.24, 2.45) is 5.73 Å². The number of H-pyrrole nitrogens is 1. The Kier molecular flexibility index (Phi) is 5.09. The van der Waals surface area contributed by atoms with Gasteiger partial charge in [-0.2, -0.15) is 5.10 Å². The van der Waals surface area contributed by atoms with Crippen LogP contribution in [0.3, 0.4) is 0 Å². The van der Waals surface area contributed by atoms with Gasteiger partial charge < -0.3 is 16.4 Å². The molecule has 126 valence electrons. The first kappa shape index (κ1) is 17.3. The minimum atomic E-state index is -1.24. The van der Waals surface area contributed by atoms with E-state index < -0.39 is 29.4 Å². The average Bonchev–Trinajstić information content (AvgIpc) is 2.96. The molecule has 0 unspecified atom stereocenters. The van der Waals surface area contributed by atoms with Gasteiger partial charge in [-0.1, -0.05) is 11.6 Å². The van der Waals surface area contributed by atoms with Crippen molar-refractivity contribution in [1.29, 1.82) is 0 Å². The van der Waals surface area contributed by atoms with E-state index in [0.717, 1.165) is 0 Å². The third-order valence-electron chi connectivity index (χ3n) is 2.74. The van der Waals surface area contributed by atoms with E-state index in [1.165, 1.54) is 6.07 Å². The molecule has 0 spiro atoms. The summed E-state index contributed by atoms with van der Waals surface area (Å²) in [6, 6.07) is 2.47. The predicted octanol–water partition coefficient (Wildman–Crippen LogP) is 0.809. The summed E-state index contributed by atoms with van der Waals surface area (Å²) in [4.78, 5) is 34.2. The second-order valence-electron chi connectivity index (χ2n) is 4.52. The van der Waals surface area contributed by atoms with Crippen molar-refractivity contribution in [2.75, 3.05) is 11.9 Å². The predicted molar refractivity (Wildman–Crippen MR) is 79.4 cm³/mol. The molecule has 0 saturated heterocycles. The number of benzene rings is 1. The van der Waals surface area contributed by atoms with Crippen LogP contribution >= 0.6 is 11.6 Å². The van der Waals surface area contributed by atoms with E-state index in [4.69, 9.17) is 17.3 Å². The molecule has 3 amide bonds. The second-order valence-corrected chi connectivity index (χ2v) is 4.92. The number of nitrogens with one attached hydrogen (secondary N) is 3. The molecule has 0 saturated carbocycles. The number of aromatic nitrogens is 2. The van der Waals surface area contributed by atoms with Crippen LogP contribution in [0, 0.1) is 11.6 Å². The van der Waals surface area contributed by atoms with Gasteiger partial charge in [-0.15, -0.1) is 0 Å². The summed E-state index contributed by atoms with van der Waals surface area (Å²) in [6.45, 7) is -0.371. The first-order valence-corrected chi connectivity index (χ1v) is 6.73. The van der Waals surface area contributed by atoms with Crippen LogP contribution < -0.4 is 16.4 Å². The number of carbonyl (C=O) groups is 3. The number of nitrogens with zero attached hydrogens (tertiary/aromatic N) is 1. The minimum absolute atomic E-state index is 0.0528. The Bertz CT molecular complexity index is 824. The summed E-state index contributed by atoms with van der Waals surface area (Å²) < 4.78 is 26.2. The number of nitrogens with two attached hydrogens (primary N) is 1. The Morgan fingerprint density at radius 1 is 1.17 bits per heavy atom. The molecule has 2 rings (SSSR count). The van der Waals surface area contributed by atoms with Crippen LogP contribution in [-0.2, 0) is 4.79 Å². The van der Waals surface area contributed by atoms with Gasteiger partial charge in [0, 0.05) is 6.07 Å². The highest BCUT2D eigenvalue weighted by atomic mass is 35.5. The molecule has 1 heterocycles. The number of halogens is 3. The van der Waals surface area contributed by atoms with E-state index in [1.807, 2.05) is 0 Å². The van der Waals surface area contributed by atoms with E-state index >= 15 is 0 Å². The van der Waals surface area contributed by atoms with Crippen molar-refractivity contribution in [3.63, 3.8) is 0 Å². The van der Waals surface area contributed by atoms with Crippen LogP contribution in [-0.4, -0.2) is 34.5 Å². The van der Waals surface area contributed by atoms with Crippen LogP contribution in [0.1, 0.15) is 20.8 Å². The number of carbonyl (C=O) groups excluding carboxylic acids is 3. The number of primary amides is 1. The molecule has 0 atom stereocenters. The first-order valence-electron chi connectivity index (χ1n) is 6.35. The van der Waals surface area contributed by atoms with Gasteiger partial charge in [-0.3, -0.25) is 19.5 Å². The van der Waals surface area contributed by atoms with E-state index in [9.17, 15) is 23.2 Å². The minimum Gasteiger partial charge on any atom is -0.368 e. The van der Waals surface area contributed by atoms with Crippen LogP contribution in [0.15, 0.2) is 18.2 Å². The van der Waals surface area contributed by atoms with Crippen molar-refractivity contribution >= 4 is 35.1 Å². The second kappa shape index (κ2) is 7.04. The van der Waals surface area contributed by atoms with E-state index in [1.54, 1.807) is 0 Å². The van der Waals surface area contributed by atoms with Gasteiger partial charge in [-0.05, 0) is 12.1 Å². The molecule has 2 aromatic rings. The zero-order valence-electron chi connectivity index (χ0n) is 11.8. The molecule has 0 aliphatic rings. The molecular formula is C13H10ClF2N5O3. The highest BCUT2D eigenvalue weighted by molar-refractivity contribution is 6.34. The Morgan fingerprint density at radius 2 is 1.83 bits per heavy atom. The average molecular weight is 358 g/mol.